The van der Waals surface area contributed by atoms with Crippen molar-refractivity contribution in [3.8, 4) is 5.75 Å². The van der Waals surface area contributed by atoms with Crippen molar-refractivity contribution in [1.29, 1.82) is 0 Å². The summed E-state index contributed by atoms with van der Waals surface area (Å²) in [5.41, 5.74) is 1.69. The van der Waals surface area contributed by atoms with Crippen molar-refractivity contribution in [2.45, 2.75) is 31.1 Å². The van der Waals surface area contributed by atoms with Gasteiger partial charge in [0.25, 0.3) is 5.91 Å². The van der Waals surface area contributed by atoms with Crippen LogP contribution in [0.3, 0.4) is 0 Å². The lowest BCUT2D eigenvalue weighted by atomic mass is 10.1. The Hall–Kier alpha value is -2.49. The fourth-order valence-electron chi connectivity index (χ4n) is 3.43. The summed E-state index contributed by atoms with van der Waals surface area (Å²) in [6, 6.07) is 12.5. The Bertz CT molecular complexity index is 1170. The number of benzene rings is 2. The molecule has 1 N–H and O–H groups in total. The monoisotopic (exact) mass is 445 g/mol. The van der Waals surface area contributed by atoms with Crippen LogP contribution in [0.5, 0.6) is 5.75 Å². The summed E-state index contributed by atoms with van der Waals surface area (Å²) in [5, 5.41) is 3.15. The predicted octanol–water partition coefficient (Wildman–Crippen LogP) is 3.66. The Morgan fingerprint density at radius 2 is 1.97 bits per heavy atom. The van der Waals surface area contributed by atoms with E-state index in [0.29, 0.717) is 34.2 Å². The summed E-state index contributed by atoms with van der Waals surface area (Å²) in [5.74, 6) is 0.376. The Balaban J connectivity index is 1.45. The topological polar surface area (TPSA) is 88.6 Å². The number of anilines is 1. The molecule has 9 heteroatoms. The van der Waals surface area contributed by atoms with E-state index in [1.165, 1.54) is 15.6 Å². The predicted molar refractivity (Wildman–Crippen MR) is 118 cm³/mol. The quantitative estimate of drug-likeness (QED) is 0.600. The molecule has 1 aromatic heterocycles. The highest BCUT2D eigenvalue weighted by Gasteiger charge is 2.27. The SMILES string of the molecule is CCc1ccccc1OCC(=O)Nc1nc2ccc(S(=O)(=O)N3CCCC3)cc2s1. The summed E-state index contributed by atoms with van der Waals surface area (Å²) in [6.45, 7) is 3.03. The molecule has 1 fully saturated rings. The molecule has 1 amide bonds. The van der Waals surface area contributed by atoms with Gasteiger partial charge in [-0.15, -0.1) is 0 Å². The fourth-order valence-corrected chi connectivity index (χ4v) is 5.97. The normalized spacial score (nSPS) is 14.8. The second-order valence-corrected chi connectivity index (χ2v) is 10.0. The highest BCUT2D eigenvalue weighted by atomic mass is 32.2. The third-order valence-corrected chi connectivity index (χ3v) is 7.85. The van der Waals surface area contributed by atoms with Gasteiger partial charge in [0.2, 0.25) is 10.0 Å². The highest BCUT2D eigenvalue weighted by molar-refractivity contribution is 7.89. The molecule has 3 aromatic rings. The maximum absolute atomic E-state index is 12.8. The minimum Gasteiger partial charge on any atom is -0.483 e. The molecule has 0 atom stereocenters. The standard InChI is InChI=1S/C21H23N3O4S2/c1-2-15-7-3-4-8-18(15)28-14-20(25)23-21-22-17-10-9-16(13-19(17)29-21)30(26,27)24-11-5-6-12-24/h3-4,7-10,13H,2,5-6,11-12,14H2,1H3,(H,22,23,25). The minimum absolute atomic E-state index is 0.123. The van der Waals surface area contributed by atoms with Gasteiger partial charge in [-0.05, 0) is 49.1 Å². The molecule has 1 aliphatic heterocycles. The zero-order valence-electron chi connectivity index (χ0n) is 16.6. The molecular formula is C21H23N3O4S2. The van der Waals surface area contributed by atoms with Gasteiger partial charge < -0.3 is 4.74 Å². The van der Waals surface area contributed by atoms with Crippen molar-refractivity contribution in [3.05, 3.63) is 48.0 Å². The van der Waals surface area contributed by atoms with Gasteiger partial charge in [0, 0.05) is 13.1 Å². The van der Waals surface area contributed by atoms with Crippen molar-refractivity contribution < 1.29 is 17.9 Å². The largest absolute Gasteiger partial charge is 0.483 e. The average molecular weight is 446 g/mol. The van der Waals surface area contributed by atoms with Crippen molar-refractivity contribution >= 4 is 42.6 Å². The van der Waals surface area contributed by atoms with Crippen LogP contribution in [-0.2, 0) is 21.2 Å². The average Bonchev–Trinajstić information content (AvgIpc) is 3.41. The van der Waals surface area contributed by atoms with E-state index in [0.717, 1.165) is 24.8 Å². The van der Waals surface area contributed by atoms with E-state index in [4.69, 9.17) is 4.74 Å². The van der Waals surface area contributed by atoms with Crippen LogP contribution in [0.15, 0.2) is 47.4 Å². The first-order chi connectivity index (χ1) is 14.5. The number of nitrogens with zero attached hydrogens (tertiary/aromatic N) is 2. The number of carbonyl (C=O) groups is 1. The third kappa shape index (κ3) is 4.33. The summed E-state index contributed by atoms with van der Waals surface area (Å²) in [7, 11) is -3.49. The van der Waals surface area contributed by atoms with Crippen molar-refractivity contribution in [2.75, 3.05) is 25.0 Å². The number of sulfonamides is 1. The number of hydrogen-bond donors (Lipinski definition) is 1. The Morgan fingerprint density at radius 1 is 1.20 bits per heavy atom. The number of aryl methyl sites for hydroxylation is 1. The van der Waals surface area contributed by atoms with Crippen LogP contribution in [0.25, 0.3) is 10.2 Å². The van der Waals surface area contributed by atoms with E-state index in [1.807, 2.05) is 31.2 Å². The molecule has 0 unspecified atom stereocenters. The molecule has 0 radical (unpaired) electrons. The van der Waals surface area contributed by atoms with E-state index >= 15 is 0 Å². The molecule has 2 heterocycles. The Kier molecular flexibility index (Phi) is 6.03. The molecule has 4 rings (SSSR count). The number of rotatable bonds is 7. The van der Waals surface area contributed by atoms with Gasteiger partial charge in [-0.25, -0.2) is 13.4 Å². The highest BCUT2D eigenvalue weighted by Crippen LogP contribution is 2.30. The third-order valence-electron chi connectivity index (χ3n) is 5.02. The number of hydrogen-bond acceptors (Lipinski definition) is 6. The van der Waals surface area contributed by atoms with Crippen molar-refractivity contribution in [2.24, 2.45) is 0 Å². The zero-order chi connectivity index (χ0) is 21.1. The second-order valence-electron chi connectivity index (χ2n) is 7.06. The van der Waals surface area contributed by atoms with Crippen LogP contribution in [0.4, 0.5) is 5.13 Å². The fraction of sp³-hybridized carbons (Fsp3) is 0.333. The number of fused-ring (bicyclic) bond motifs is 1. The van der Waals surface area contributed by atoms with Crippen LogP contribution in [-0.4, -0.2) is 43.3 Å². The number of para-hydroxylation sites is 1. The smallest absolute Gasteiger partial charge is 0.264 e. The molecular weight excluding hydrogens is 422 g/mol. The van der Waals surface area contributed by atoms with Crippen LogP contribution >= 0.6 is 11.3 Å². The number of ether oxygens (including phenoxy) is 1. The van der Waals surface area contributed by atoms with E-state index in [1.54, 1.807) is 18.2 Å². The van der Waals surface area contributed by atoms with E-state index in [2.05, 4.69) is 10.3 Å². The van der Waals surface area contributed by atoms with Crippen LogP contribution in [0.1, 0.15) is 25.3 Å². The van der Waals surface area contributed by atoms with Gasteiger partial charge in [0.1, 0.15) is 5.75 Å². The van der Waals surface area contributed by atoms with E-state index in [-0.39, 0.29) is 17.4 Å². The second kappa shape index (κ2) is 8.71. The Labute approximate surface area is 179 Å². The number of aromatic nitrogens is 1. The molecule has 0 saturated carbocycles. The lowest BCUT2D eigenvalue weighted by Gasteiger charge is -2.15. The minimum atomic E-state index is -3.49. The first kappa shape index (κ1) is 20.8. The first-order valence-corrected chi connectivity index (χ1v) is 12.1. The summed E-state index contributed by atoms with van der Waals surface area (Å²) in [6.07, 6.45) is 2.60. The molecule has 0 spiro atoms. The van der Waals surface area contributed by atoms with Crippen molar-refractivity contribution in [1.82, 2.24) is 9.29 Å². The lowest BCUT2D eigenvalue weighted by molar-refractivity contribution is -0.118. The molecule has 30 heavy (non-hydrogen) atoms. The van der Waals surface area contributed by atoms with Gasteiger partial charge in [0.05, 0.1) is 15.1 Å². The van der Waals surface area contributed by atoms with Gasteiger partial charge in [-0.2, -0.15) is 4.31 Å². The summed E-state index contributed by atoms with van der Waals surface area (Å²) >= 11 is 1.25. The van der Waals surface area contributed by atoms with E-state index in [9.17, 15) is 13.2 Å². The number of amides is 1. The molecule has 1 saturated heterocycles. The first-order valence-electron chi connectivity index (χ1n) is 9.88. The van der Waals surface area contributed by atoms with Gasteiger partial charge >= 0.3 is 0 Å². The summed E-state index contributed by atoms with van der Waals surface area (Å²) < 4.78 is 33.4. The molecule has 158 valence electrons. The number of carbonyl (C=O) groups excluding carboxylic acids is 1. The maximum atomic E-state index is 12.8. The number of thiazole rings is 1. The number of nitrogens with one attached hydrogen (secondary N) is 1. The Morgan fingerprint density at radius 3 is 2.73 bits per heavy atom. The zero-order valence-corrected chi connectivity index (χ0v) is 18.3. The molecule has 1 aliphatic rings. The van der Waals surface area contributed by atoms with Crippen LogP contribution < -0.4 is 10.1 Å². The molecule has 0 bridgehead atoms. The maximum Gasteiger partial charge on any atom is 0.264 e. The van der Waals surface area contributed by atoms with Gasteiger partial charge in [-0.3, -0.25) is 10.1 Å². The molecule has 0 aliphatic carbocycles. The summed E-state index contributed by atoms with van der Waals surface area (Å²) in [4.78, 5) is 16.9. The van der Waals surface area contributed by atoms with Crippen LogP contribution in [0.2, 0.25) is 0 Å². The molecule has 2 aromatic carbocycles. The lowest BCUT2D eigenvalue weighted by Crippen LogP contribution is -2.27. The molecule has 7 nitrogen and oxygen atoms in total. The van der Waals surface area contributed by atoms with Crippen LogP contribution in [0, 0.1) is 0 Å². The van der Waals surface area contributed by atoms with Crippen molar-refractivity contribution in [3.63, 3.8) is 0 Å². The van der Waals surface area contributed by atoms with Gasteiger partial charge in [0.15, 0.2) is 11.7 Å². The van der Waals surface area contributed by atoms with E-state index < -0.39 is 10.0 Å². The van der Waals surface area contributed by atoms with Gasteiger partial charge in [-0.1, -0.05) is 36.5 Å².